The summed E-state index contributed by atoms with van der Waals surface area (Å²) < 4.78 is 19.6. The second-order valence-corrected chi connectivity index (χ2v) is 8.63. The lowest BCUT2D eigenvalue weighted by molar-refractivity contribution is 0.0905. The van der Waals surface area contributed by atoms with Crippen LogP contribution < -0.4 is 16.4 Å². The molecule has 0 radical (unpaired) electrons. The highest BCUT2D eigenvalue weighted by atomic mass is 32.1. The number of nitrogens with zero attached hydrogens (tertiary/aromatic N) is 3. The maximum atomic E-state index is 13.1. The van der Waals surface area contributed by atoms with Crippen molar-refractivity contribution in [2.75, 3.05) is 19.5 Å². The van der Waals surface area contributed by atoms with Crippen LogP contribution in [-0.4, -0.2) is 46.2 Å². The van der Waals surface area contributed by atoms with Gasteiger partial charge in [-0.05, 0) is 47.7 Å². The third-order valence-corrected chi connectivity index (χ3v) is 5.94. The van der Waals surface area contributed by atoms with E-state index < -0.39 is 0 Å². The number of nitrogens with two attached hydrogens (primary N) is 1. The lowest BCUT2D eigenvalue weighted by atomic mass is 10.1. The molecular formula is C23H23FN6O3S. The molecule has 9 nitrogen and oxygen atoms in total. The Morgan fingerprint density at radius 1 is 1.21 bits per heavy atom. The first-order valence-electron chi connectivity index (χ1n) is 10.4. The van der Waals surface area contributed by atoms with E-state index in [1.165, 1.54) is 28.0 Å². The van der Waals surface area contributed by atoms with Gasteiger partial charge < -0.3 is 21.1 Å². The van der Waals surface area contributed by atoms with Crippen molar-refractivity contribution in [1.29, 1.82) is 0 Å². The SMILES string of the molecule is COC[C@H](C)NC(=O)c1cc(-c2csc(C(=O)NCc3ccc(F)cc3)c2)cn2nc(N)nc12. The molecule has 0 aliphatic carbocycles. The molecule has 1 aromatic carbocycles. The predicted molar refractivity (Wildman–Crippen MR) is 127 cm³/mol. The van der Waals surface area contributed by atoms with Crippen LogP contribution in [0.4, 0.5) is 10.3 Å². The van der Waals surface area contributed by atoms with Crippen molar-refractivity contribution < 1.29 is 18.7 Å². The van der Waals surface area contributed by atoms with Crippen LogP contribution in [0.5, 0.6) is 0 Å². The molecule has 11 heteroatoms. The van der Waals surface area contributed by atoms with Gasteiger partial charge in [0.15, 0.2) is 5.65 Å². The number of hydrogen-bond acceptors (Lipinski definition) is 7. The monoisotopic (exact) mass is 482 g/mol. The maximum absolute atomic E-state index is 13.1. The normalized spacial score (nSPS) is 12.0. The molecule has 0 spiro atoms. The number of methoxy groups -OCH3 is 1. The quantitative estimate of drug-likeness (QED) is 0.355. The third-order valence-electron chi connectivity index (χ3n) is 5.01. The molecule has 4 rings (SSSR count). The zero-order valence-corrected chi connectivity index (χ0v) is 19.4. The highest BCUT2D eigenvalue weighted by Crippen LogP contribution is 2.28. The highest BCUT2D eigenvalue weighted by molar-refractivity contribution is 7.12. The molecule has 4 N–H and O–H groups in total. The van der Waals surface area contributed by atoms with Crippen molar-refractivity contribution in [1.82, 2.24) is 25.2 Å². The number of nitrogens with one attached hydrogen (secondary N) is 2. The molecule has 34 heavy (non-hydrogen) atoms. The van der Waals surface area contributed by atoms with E-state index in [9.17, 15) is 14.0 Å². The van der Waals surface area contributed by atoms with Gasteiger partial charge in [0.2, 0.25) is 5.95 Å². The Kier molecular flexibility index (Phi) is 6.85. The zero-order valence-electron chi connectivity index (χ0n) is 18.5. The highest BCUT2D eigenvalue weighted by Gasteiger charge is 2.19. The average Bonchev–Trinajstić information content (AvgIpc) is 3.44. The van der Waals surface area contributed by atoms with E-state index in [1.54, 1.807) is 37.6 Å². The molecule has 176 valence electrons. The largest absolute Gasteiger partial charge is 0.383 e. The van der Waals surface area contributed by atoms with E-state index in [4.69, 9.17) is 10.5 Å². The summed E-state index contributed by atoms with van der Waals surface area (Å²) in [6, 6.07) is 9.16. The average molecular weight is 483 g/mol. The fraction of sp³-hybridized carbons (Fsp3) is 0.217. The predicted octanol–water partition coefficient (Wildman–Crippen LogP) is 2.87. The van der Waals surface area contributed by atoms with Crippen LogP contribution >= 0.6 is 11.3 Å². The molecular weight excluding hydrogens is 459 g/mol. The number of amides is 2. The second-order valence-electron chi connectivity index (χ2n) is 7.72. The fourth-order valence-electron chi connectivity index (χ4n) is 3.40. The number of anilines is 1. The van der Waals surface area contributed by atoms with Gasteiger partial charge in [-0.1, -0.05) is 12.1 Å². The van der Waals surface area contributed by atoms with Crippen LogP contribution in [0, 0.1) is 5.82 Å². The first kappa shape index (κ1) is 23.3. The molecule has 0 bridgehead atoms. The van der Waals surface area contributed by atoms with E-state index in [2.05, 4.69) is 20.7 Å². The summed E-state index contributed by atoms with van der Waals surface area (Å²) in [5.74, 6) is -0.873. The summed E-state index contributed by atoms with van der Waals surface area (Å²) in [6.45, 7) is 2.47. The van der Waals surface area contributed by atoms with E-state index >= 15 is 0 Å². The maximum Gasteiger partial charge on any atom is 0.261 e. The van der Waals surface area contributed by atoms with Crippen LogP contribution in [-0.2, 0) is 11.3 Å². The van der Waals surface area contributed by atoms with Gasteiger partial charge in [-0.25, -0.2) is 8.91 Å². The van der Waals surface area contributed by atoms with Crippen LogP contribution in [0.25, 0.3) is 16.8 Å². The van der Waals surface area contributed by atoms with E-state index in [-0.39, 0.29) is 36.2 Å². The summed E-state index contributed by atoms with van der Waals surface area (Å²) in [4.78, 5) is 30.2. The summed E-state index contributed by atoms with van der Waals surface area (Å²) in [5, 5.41) is 11.7. The number of carbonyl (C=O) groups excluding carboxylic acids is 2. The van der Waals surface area contributed by atoms with Gasteiger partial charge in [-0.2, -0.15) is 4.98 Å². The molecule has 0 aliphatic rings. The Hall–Kier alpha value is -3.83. The van der Waals surface area contributed by atoms with Gasteiger partial charge in [-0.3, -0.25) is 9.59 Å². The molecule has 3 aromatic heterocycles. The van der Waals surface area contributed by atoms with Gasteiger partial charge in [0.05, 0.1) is 17.0 Å². The van der Waals surface area contributed by atoms with E-state index in [1.807, 2.05) is 12.3 Å². The lowest BCUT2D eigenvalue weighted by Gasteiger charge is -2.13. The van der Waals surface area contributed by atoms with Gasteiger partial charge in [0.25, 0.3) is 11.8 Å². The number of hydrogen-bond donors (Lipinski definition) is 3. The smallest absolute Gasteiger partial charge is 0.261 e. The Balaban J connectivity index is 1.57. The molecule has 0 aliphatic heterocycles. The number of benzene rings is 1. The number of nitrogen functional groups attached to an aromatic ring is 1. The first-order chi connectivity index (χ1) is 16.3. The molecule has 0 unspecified atom stereocenters. The third kappa shape index (κ3) is 5.21. The molecule has 0 saturated carbocycles. The van der Waals surface area contributed by atoms with Gasteiger partial charge in [-0.15, -0.1) is 16.4 Å². The Morgan fingerprint density at radius 3 is 2.71 bits per heavy atom. The minimum Gasteiger partial charge on any atom is -0.383 e. The van der Waals surface area contributed by atoms with Crippen LogP contribution in [0.2, 0.25) is 0 Å². The number of aromatic nitrogens is 3. The van der Waals surface area contributed by atoms with Crippen molar-refractivity contribution in [3.05, 3.63) is 69.8 Å². The number of ether oxygens (including phenoxy) is 1. The van der Waals surface area contributed by atoms with Crippen molar-refractivity contribution in [2.24, 2.45) is 0 Å². The number of rotatable bonds is 8. The summed E-state index contributed by atoms with van der Waals surface area (Å²) in [5.41, 5.74) is 8.61. The summed E-state index contributed by atoms with van der Waals surface area (Å²) >= 11 is 1.27. The first-order valence-corrected chi connectivity index (χ1v) is 11.3. The lowest BCUT2D eigenvalue weighted by Crippen LogP contribution is -2.35. The minimum absolute atomic E-state index is 0.0438. The standard InChI is InChI=1S/C23H23FN6O3S/c1-13(11-33-2)27-21(31)18-7-15(10-30-20(18)28-23(25)29-30)16-8-19(34-12-16)22(32)26-9-14-3-5-17(24)6-4-14/h3-8,10,12-13H,9,11H2,1-2H3,(H2,25,29)(H,26,32)(H,27,31)/t13-/m0/s1. The number of thiophene rings is 1. The molecule has 0 fully saturated rings. The van der Waals surface area contributed by atoms with Gasteiger partial charge in [0, 0.05) is 31.5 Å². The second kappa shape index (κ2) is 9.98. The van der Waals surface area contributed by atoms with Gasteiger partial charge >= 0.3 is 0 Å². The number of carbonyl (C=O) groups is 2. The van der Waals surface area contributed by atoms with Crippen molar-refractivity contribution in [3.8, 4) is 11.1 Å². The Morgan fingerprint density at radius 2 is 1.97 bits per heavy atom. The topological polar surface area (TPSA) is 124 Å². The van der Waals surface area contributed by atoms with E-state index in [0.29, 0.717) is 28.3 Å². The summed E-state index contributed by atoms with van der Waals surface area (Å²) in [6.07, 6.45) is 1.70. The molecule has 0 saturated heterocycles. The molecule has 2 amide bonds. The molecule has 4 aromatic rings. The van der Waals surface area contributed by atoms with Crippen molar-refractivity contribution in [2.45, 2.75) is 19.5 Å². The Labute approximate surface area is 198 Å². The Bertz CT molecular complexity index is 1330. The van der Waals surface area contributed by atoms with E-state index in [0.717, 1.165) is 11.1 Å². The molecule has 1 atom stereocenters. The van der Waals surface area contributed by atoms with Crippen LogP contribution in [0.1, 0.15) is 32.5 Å². The number of halogens is 1. The minimum atomic E-state index is -0.337. The fourth-order valence-corrected chi connectivity index (χ4v) is 4.23. The number of fused-ring (bicyclic) bond motifs is 1. The molecule has 3 heterocycles. The summed E-state index contributed by atoms with van der Waals surface area (Å²) in [7, 11) is 1.56. The van der Waals surface area contributed by atoms with Crippen LogP contribution in [0.15, 0.2) is 48.0 Å². The van der Waals surface area contributed by atoms with Crippen LogP contribution in [0.3, 0.4) is 0 Å². The van der Waals surface area contributed by atoms with Crippen molar-refractivity contribution in [3.63, 3.8) is 0 Å². The van der Waals surface area contributed by atoms with Crippen molar-refractivity contribution >= 4 is 34.7 Å². The number of pyridine rings is 1. The zero-order chi connectivity index (χ0) is 24.2. The van der Waals surface area contributed by atoms with Gasteiger partial charge in [0.1, 0.15) is 5.82 Å².